The minimum Gasteiger partial charge on any atom is -0.394 e. The molecule has 0 bridgehead atoms. The second kappa shape index (κ2) is 7.91. The lowest BCUT2D eigenvalue weighted by molar-refractivity contribution is 0.0885. The summed E-state index contributed by atoms with van der Waals surface area (Å²) in [6, 6.07) is 5.88. The number of hydrogen-bond acceptors (Lipinski definition) is 4. The average molecular weight is 305 g/mol. The molecule has 0 aromatic heterocycles. The van der Waals surface area contributed by atoms with Crippen LogP contribution in [0, 0.1) is 0 Å². The maximum Gasteiger partial charge on any atom is 0.251 e. The van der Waals surface area contributed by atoms with Crippen LogP contribution in [0.4, 0.5) is 0 Å². The van der Waals surface area contributed by atoms with Crippen LogP contribution in [0.15, 0.2) is 24.3 Å². The van der Waals surface area contributed by atoms with E-state index in [4.69, 9.17) is 5.73 Å². The Hall–Kier alpha value is -1.92. The zero-order valence-electron chi connectivity index (χ0n) is 12.6. The molecule has 6 nitrogen and oxygen atoms in total. The third kappa shape index (κ3) is 4.54. The predicted molar refractivity (Wildman–Crippen MR) is 83.6 cm³/mol. The van der Waals surface area contributed by atoms with E-state index < -0.39 is 5.91 Å². The monoisotopic (exact) mass is 305 g/mol. The summed E-state index contributed by atoms with van der Waals surface area (Å²) in [5.41, 5.74) is 5.98. The minimum absolute atomic E-state index is 0.0956. The van der Waals surface area contributed by atoms with Gasteiger partial charge in [0.15, 0.2) is 0 Å². The van der Waals surface area contributed by atoms with Gasteiger partial charge in [0.1, 0.15) is 0 Å². The lowest BCUT2D eigenvalue weighted by Crippen LogP contribution is -2.47. The van der Waals surface area contributed by atoms with Crippen molar-refractivity contribution in [2.45, 2.75) is 25.3 Å². The molecular weight excluding hydrogens is 282 g/mol. The number of nitrogens with two attached hydrogens (primary N) is 1. The topological polar surface area (TPSA) is 95.7 Å². The number of rotatable bonds is 6. The van der Waals surface area contributed by atoms with Crippen molar-refractivity contribution in [2.24, 2.45) is 5.73 Å². The molecule has 2 rings (SSSR count). The Kier molecular flexibility index (Phi) is 5.91. The van der Waals surface area contributed by atoms with Gasteiger partial charge in [0.2, 0.25) is 5.91 Å². The van der Waals surface area contributed by atoms with Crippen molar-refractivity contribution in [3.05, 3.63) is 35.4 Å². The van der Waals surface area contributed by atoms with Crippen molar-refractivity contribution >= 4 is 11.8 Å². The molecule has 1 fully saturated rings. The zero-order valence-corrected chi connectivity index (χ0v) is 12.6. The molecule has 1 aromatic carbocycles. The van der Waals surface area contributed by atoms with Crippen molar-refractivity contribution < 1.29 is 14.7 Å². The molecular formula is C16H23N3O3. The molecule has 0 saturated carbocycles. The summed E-state index contributed by atoms with van der Waals surface area (Å²) in [5, 5.41) is 12.3. The molecule has 4 N–H and O–H groups in total. The molecule has 0 radical (unpaired) electrons. The molecule has 6 heteroatoms. The van der Waals surface area contributed by atoms with Gasteiger partial charge in [-0.15, -0.1) is 0 Å². The Bertz CT molecular complexity index is 510. The number of likely N-dealkylation sites (tertiary alicyclic amines) is 1. The number of aliphatic hydroxyl groups excluding tert-OH is 1. The molecule has 1 saturated heterocycles. The molecule has 1 aromatic rings. The SMILES string of the molecule is NC(=O)c1ccc(C(=O)NC(CO)CN2CCCCC2)cc1. The Morgan fingerprint density at radius 1 is 1.14 bits per heavy atom. The van der Waals surface area contributed by atoms with Crippen molar-refractivity contribution in [3.63, 3.8) is 0 Å². The van der Waals surface area contributed by atoms with Crippen LogP contribution >= 0.6 is 0 Å². The lowest BCUT2D eigenvalue weighted by Gasteiger charge is -2.30. The van der Waals surface area contributed by atoms with Crippen molar-refractivity contribution in [2.75, 3.05) is 26.2 Å². The third-order valence-electron chi connectivity index (χ3n) is 3.91. The summed E-state index contributed by atoms with van der Waals surface area (Å²) >= 11 is 0. The van der Waals surface area contributed by atoms with E-state index >= 15 is 0 Å². The smallest absolute Gasteiger partial charge is 0.251 e. The van der Waals surface area contributed by atoms with Crippen LogP contribution in [0.2, 0.25) is 0 Å². The summed E-state index contributed by atoms with van der Waals surface area (Å²) in [4.78, 5) is 25.5. The van der Waals surface area contributed by atoms with Crippen LogP contribution < -0.4 is 11.1 Å². The predicted octanol–water partition coefficient (Wildman–Crippen LogP) is 0.362. The Morgan fingerprint density at radius 3 is 2.27 bits per heavy atom. The van der Waals surface area contributed by atoms with Gasteiger partial charge >= 0.3 is 0 Å². The number of hydrogen-bond donors (Lipinski definition) is 3. The molecule has 0 aliphatic carbocycles. The highest BCUT2D eigenvalue weighted by Crippen LogP contribution is 2.09. The van der Waals surface area contributed by atoms with E-state index in [9.17, 15) is 14.7 Å². The number of carbonyl (C=O) groups is 2. The molecule has 1 atom stereocenters. The molecule has 2 amide bonds. The highest BCUT2D eigenvalue weighted by Gasteiger charge is 2.18. The number of carbonyl (C=O) groups excluding carboxylic acids is 2. The fourth-order valence-corrected chi connectivity index (χ4v) is 2.66. The first-order valence-corrected chi connectivity index (χ1v) is 7.64. The van der Waals surface area contributed by atoms with Gasteiger partial charge in [0.25, 0.3) is 5.91 Å². The van der Waals surface area contributed by atoms with Gasteiger partial charge in [-0.05, 0) is 50.2 Å². The summed E-state index contributed by atoms with van der Waals surface area (Å²) < 4.78 is 0. The summed E-state index contributed by atoms with van der Waals surface area (Å²) in [6.07, 6.45) is 3.58. The van der Waals surface area contributed by atoms with Gasteiger partial charge in [-0.1, -0.05) is 6.42 Å². The molecule has 1 aliphatic rings. The highest BCUT2D eigenvalue weighted by molar-refractivity contribution is 5.97. The molecule has 22 heavy (non-hydrogen) atoms. The van der Waals surface area contributed by atoms with E-state index in [1.54, 1.807) is 12.1 Å². The normalized spacial score (nSPS) is 17.0. The average Bonchev–Trinajstić information content (AvgIpc) is 2.55. The second-order valence-corrected chi connectivity index (χ2v) is 5.66. The number of nitrogens with one attached hydrogen (secondary N) is 1. The van der Waals surface area contributed by atoms with Gasteiger partial charge in [0, 0.05) is 17.7 Å². The van der Waals surface area contributed by atoms with E-state index in [0.29, 0.717) is 17.7 Å². The van der Waals surface area contributed by atoms with Crippen LogP contribution in [0.5, 0.6) is 0 Å². The first kappa shape index (κ1) is 16.5. The fraction of sp³-hybridized carbons (Fsp3) is 0.500. The molecule has 1 unspecified atom stereocenters. The maximum absolute atomic E-state index is 12.2. The van der Waals surface area contributed by atoms with Crippen molar-refractivity contribution in [1.82, 2.24) is 10.2 Å². The van der Waals surface area contributed by atoms with E-state index in [2.05, 4.69) is 10.2 Å². The standard InChI is InChI=1S/C16H23N3O3/c17-15(21)12-4-6-13(7-5-12)16(22)18-14(11-20)10-19-8-2-1-3-9-19/h4-7,14,20H,1-3,8-11H2,(H2,17,21)(H,18,22). The van der Waals surface area contributed by atoms with Gasteiger partial charge in [-0.25, -0.2) is 0 Å². The number of aliphatic hydroxyl groups is 1. The summed E-state index contributed by atoms with van der Waals surface area (Å²) in [5.74, 6) is -0.780. The van der Waals surface area contributed by atoms with E-state index in [1.165, 1.54) is 31.4 Å². The van der Waals surface area contributed by atoms with E-state index in [-0.39, 0.29) is 18.6 Å². The Morgan fingerprint density at radius 2 is 1.73 bits per heavy atom. The number of amides is 2. The van der Waals surface area contributed by atoms with Crippen molar-refractivity contribution in [3.8, 4) is 0 Å². The maximum atomic E-state index is 12.2. The van der Waals surface area contributed by atoms with Crippen LogP contribution in [-0.2, 0) is 0 Å². The molecule has 1 aliphatic heterocycles. The van der Waals surface area contributed by atoms with Gasteiger partial charge in [-0.3, -0.25) is 9.59 Å². The largest absolute Gasteiger partial charge is 0.394 e. The number of piperidine rings is 1. The second-order valence-electron chi connectivity index (χ2n) is 5.66. The molecule has 0 spiro atoms. The van der Waals surface area contributed by atoms with Gasteiger partial charge < -0.3 is 21.1 Å². The lowest BCUT2D eigenvalue weighted by atomic mass is 10.1. The zero-order chi connectivity index (χ0) is 15.9. The first-order valence-electron chi connectivity index (χ1n) is 7.64. The minimum atomic E-state index is -0.523. The number of primary amides is 1. The third-order valence-corrected chi connectivity index (χ3v) is 3.91. The highest BCUT2D eigenvalue weighted by atomic mass is 16.3. The van der Waals surface area contributed by atoms with Crippen LogP contribution in [-0.4, -0.2) is 54.1 Å². The number of benzene rings is 1. The molecule has 1 heterocycles. The van der Waals surface area contributed by atoms with Crippen molar-refractivity contribution in [1.29, 1.82) is 0 Å². The van der Waals surface area contributed by atoms with Gasteiger partial charge in [-0.2, -0.15) is 0 Å². The summed E-state index contributed by atoms with van der Waals surface area (Å²) in [6.45, 7) is 2.59. The van der Waals surface area contributed by atoms with E-state index in [0.717, 1.165) is 13.1 Å². The first-order chi connectivity index (χ1) is 10.6. The quantitative estimate of drug-likeness (QED) is 0.707. The molecule has 120 valence electrons. The van der Waals surface area contributed by atoms with Crippen LogP contribution in [0.25, 0.3) is 0 Å². The number of nitrogens with zero attached hydrogens (tertiary/aromatic N) is 1. The fourth-order valence-electron chi connectivity index (χ4n) is 2.66. The van der Waals surface area contributed by atoms with E-state index in [1.807, 2.05) is 0 Å². The van der Waals surface area contributed by atoms with Crippen LogP contribution in [0.3, 0.4) is 0 Å². The van der Waals surface area contributed by atoms with Gasteiger partial charge in [0.05, 0.1) is 12.6 Å². The van der Waals surface area contributed by atoms with Crippen LogP contribution in [0.1, 0.15) is 40.0 Å². The Balaban J connectivity index is 1.91. The summed E-state index contributed by atoms with van der Waals surface area (Å²) in [7, 11) is 0. The Labute approximate surface area is 130 Å².